The molecule has 0 aliphatic carbocycles. The van der Waals surface area contributed by atoms with Crippen LogP contribution in [0, 0.1) is 0 Å². The van der Waals surface area contributed by atoms with Gasteiger partial charge in [0.2, 0.25) is 5.91 Å². The second kappa shape index (κ2) is 8.31. The van der Waals surface area contributed by atoms with E-state index >= 15 is 0 Å². The largest absolute Gasteiger partial charge is 0.496 e. The van der Waals surface area contributed by atoms with Gasteiger partial charge < -0.3 is 10.1 Å². The molecule has 0 fully saturated rings. The standard InChI is InChI=1S/C15H16ClNO3S2/c1-20-14-5-4-12(16)7-11(14)9-22(19)10-15(18)17-8-13-3-2-6-21-13/h2-7H,8-10H2,1H3,(H,17,18)/t22-/m1/s1. The zero-order valence-corrected chi connectivity index (χ0v) is 14.4. The predicted molar refractivity (Wildman–Crippen MR) is 90.9 cm³/mol. The molecule has 0 saturated heterocycles. The Hall–Kier alpha value is -1.37. The smallest absolute Gasteiger partial charge is 0.232 e. The van der Waals surface area contributed by atoms with Crippen LogP contribution < -0.4 is 10.1 Å². The highest BCUT2D eigenvalue weighted by molar-refractivity contribution is 7.84. The predicted octanol–water partition coefficient (Wildman–Crippen LogP) is 2.98. The van der Waals surface area contributed by atoms with Gasteiger partial charge in [-0.3, -0.25) is 9.00 Å². The van der Waals surface area contributed by atoms with E-state index < -0.39 is 10.8 Å². The fourth-order valence-electron chi connectivity index (χ4n) is 1.88. The summed E-state index contributed by atoms with van der Waals surface area (Å²) in [5, 5.41) is 5.26. The zero-order chi connectivity index (χ0) is 15.9. The van der Waals surface area contributed by atoms with Gasteiger partial charge in [-0.25, -0.2) is 0 Å². The summed E-state index contributed by atoms with van der Waals surface area (Å²) in [5.74, 6) is 0.585. The SMILES string of the molecule is COc1ccc(Cl)cc1C[S@@](=O)CC(=O)NCc1cccs1. The van der Waals surface area contributed by atoms with Crippen molar-refractivity contribution in [2.24, 2.45) is 0 Å². The number of benzene rings is 1. The van der Waals surface area contributed by atoms with Gasteiger partial charge in [-0.2, -0.15) is 0 Å². The zero-order valence-electron chi connectivity index (χ0n) is 12.0. The van der Waals surface area contributed by atoms with Crippen LogP contribution in [0.5, 0.6) is 5.75 Å². The molecule has 1 aromatic heterocycles. The lowest BCUT2D eigenvalue weighted by atomic mass is 10.2. The first-order chi connectivity index (χ1) is 10.6. The summed E-state index contributed by atoms with van der Waals surface area (Å²) < 4.78 is 17.3. The molecule has 0 aliphatic rings. The van der Waals surface area contributed by atoms with Gasteiger partial charge in [0.25, 0.3) is 0 Å². The molecular formula is C15H16ClNO3S2. The monoisotopic (exact) mass is 357 g/mol. The minimum atomic E-state index is -1.32. The summed E-state index contributed by atoms with van der Waals surface area (Å²) in [5.41, 5.74) is 0.736. The second-order valence-corrected chi connectivity index (χ2v) is 7.47. The Labute approximate surface area is 140 Å². The van der Waals surface area contributed by atoms with Gasteiger partial charge in [0, 0.05) is 26.3 Å². The lowest BCUT2D eigenvalue weighted by Crippen LogP contribution is -2.27. The Morgan fingerprint density at radius 2 is 2.23 bits per heavy atom. The van der Waals surface area contributed by atoms with Crippen molar-refractivity contribution in [3.63, 3.8) is 0 Å². The number of nitrogens with one attached hydrogen (secondary N) is 1. The topological polar surface area (TPSA) is 55.4 Å². The maximum Gasteiger partial charge on any atom is 0.232 e. The highest BCUT2D eigenvalue weighted by Crippen LogP contribution is 2.23. The third-order valence-corrected chi connectivity index (χ3v) is 5.22. The lowest BCUT2D eigenvalue weighted by molar-refractivity contribution is -0.118. The summed E-state index contributed by atoms with van der Waals surface area (Å²) in [6.07, 6.45) is 0. The Morgan fingerprint density at radius 1 is 1.41 bits per heavy atom. The van der Waals surface area contributed by atoms with Gasteiger partial charge >= 0.3 is 0 Å². The molecule has 118 valence electrons. The lowest BCUT2D eigenvalue weighted by Gasteiger charge is -2.09. The van der Waals surface area contributed by atoms with Gasteiger partial charge in [-0.05, 0) is 29.6 Å². The van der Waals surface area contributed by atoms with Crippen molar-refractivity contribution < 1.29 is 13.7 Å². The minimum Gasteiger partial charge on any atom is -0.496 e. The van der Waals surface area contributed by atoms with Crippen molar-refractivity contribution in [3.8, 4) is 5.75 Å². The van der Waals surface area contributed by atoms with Gasteiger partial charge in [-0.1, -0.05) is 17.7 Å². The average Bonchev–Trinajstić information content (AvgIpc) is 2.98. The van der Waals surface area contributed by atoms with Crippen LogP contribution in [-0.2, 0) is 27.9 Å². The van der Waals surface area contributed by atoms with Crippen molar-refractivity contribution in [2.45, 2.75) is 12.3 Å². The van der Waals surface area contributed by atoms with Crippen molar-refractivity contribution in [2.75, 3.05) is 12.9 Å². The average molecular weight is 358 g/mol. The minimum absolute atomic E-state index is 0.0406. The molecule has 2 rings (SSSR count). The van der Waals surface area contributed by atoms with E-state index in [1.165, 1.54) is 0 Å². The molecule has 1 heterocycles. The summed E-state index contributed by atoms with van der Waals surface area (Å²) in [7, 11) is 0.228. The van der Waals surface area contributed by atoms with Crippen LogP contribution in [-0.4, -0.2) is 23.0 Å². The molecule has 0 aliphatic heterocycles. The molecule has 0 radical (unpaired) electrons. The van der Waals surface area contributed by atoms with E-state index in [9.17, 15) is 9.00 Å². The number of halogens is 1. The maximum absolute atomic E-state index is 12.1. The van der Waals surface area contributed by atoms with Gasteiger partial charge in [0.15, 0.2) is 0 Å². The van der Waals surface area contributed by atoms with Crippen molar-refractivity contribution >= 4 is 39.6 Å². The Bertz CT molecular complexity index is 659. The van der Waals surface area contributed by atoms with E-state index in [-0.39, 0.29) is 17.4 Å². The summed E-state index contributed by atoms with van der Waals surface area (Å²) in [6, 6.07) is 9.02. The molecule has 1 atom stereocenters. The summed E-state index contributed by atoms with van der Waals surface area (Å²) >= 11 is 7.51. The van der Waals surface area contributed by atoms with E-state index in [4.69, 9.17) is 16.3 Å². The Kier molecular flexibility index (Phi) is 6.42. The summed E-state index contributed by atoms with van der Waals surface area (Å²) in [6.45, 7) is 0.466. The molecule has 7 heteroatoms. The molecule has 1 N–H and O–H groups in total. The summed E-state index contributed by atoms with van der Waals surface area (Å²) in [4.78, 5) is 12.9. The molecule has 22 heavy (non-hydrogen) atoms. The molecular weight excluding hydrogens is 342 g/mol. The first kappa shape index (κ1) is 17.0. The van der Waals surface area contributed by atoms with E-state index in [1.807, 2.05) is 17.5 Å². The molecule has 0 unspecified atom stereocenters. The first-order valence-electron chi connectivity index (χ1n) is 6.55. The van der Waals surface area contributed by atoms with Crippen LogP contribution in [0.15, 0.2) is 35.7 Å². The number of methoxy groups -OCH3 is 1. The number of rotatable bonds is 7. The van der Waals surface area contributed by atoms with Gasteiger partial charge in [0.05, 0.1) is 19.4 Å². The molecule has 1 aromatic carbocycles. The van der Waals surface area contributed by atoms with Crippen LogP contribution in [0.3, 0.4) is 0 Å². The highest BCUT2D eigenvalue weighted by atomic mass is 35.5. The molecule has 0 saturated carbocycles. The van der Waals surface area contributed by atoms with Crippen LogP contribution in [0.1, 0.15) is 10.4 Å². The van der Waals surface area contributed by atoms with Crippen LogP contribution in [0.4, 0.5) is 0 Å². The van der Waals surface area contributed by atoms with Crippen LogP contribution in [0.25, 0.3) is 0 Å². The van der Waals surface area contributed by atoms with Crippen molar-refractivity contribution in [1.29, 1.82) is 0 Å². The third-order valence-electron chi connectivity index (χ3n) is 2.89. The molecule has 0 bridgehead atoms. The highest BCUT2D eigenvalue weighted by Gasteiger charge is 2.12. The van der Waals surface area contributed by atoms with Gasteiger partial charge in [-0.15, -0.1) is 11.3 Å². The van der Waals surface area contributed by atoms with Crippen LogP contribution >= 0.6 is 22.9 Å². The molecule has 1 amide bonds. The van der Waals surface area contributed by atoms with E-state index in [0.717, 1.165) is 10.4 Å². The molecule has 4 nitrogen and oxygen atoms in total. The number of carbonyl (C=O) groups is 1. The maximum atomic E-state index is 12.1. The van der Waals surface area contributed by atoms with E-state index in [0.29, 0.717) is 17.3 Å². The first-order valence-corrected chi connectivity index (χ1v) is 9.29. The number of thiophene rings is 1. The Morgan fingerprint density at radius 3 is 2.91 bits per heavy atom. The third kappa shape index (κ3) is 5.12. The number of amides is 1. The van der Waals surface area contributed by atoms with Crippen molar-refractivity contribution in [1.82, 2.24) is 5.32 Å². The second-order valence-electron chi connectivity index (χ2n) is 4.54. The van der Waals surface area contributed by atoms with Crippen molar-refractivity contribution in [3.05, 3.63) is 51.2 Å². The normalized spacial score (nSPS) is 11.9. The Balaban J connectivity index is 1.87. The number of hydrogen-bond acceptors (Lipinski definition) is 4. The van der Waals surface area contributed by atoms with Gasteiger partial charge in [0.1, 0.15) is 11.5 Å². The number of hydrogen-bond donors (Lipinski definition) is 1. The number of carbonyl (C=O) groups excluding carboxylic acids is 1. The quantitative estimate of drug-likeness (QED) is 0.828. The molecule has 0 spiro atoms. The fourth-order valence-corrected chi connectivity index (χ4v) is 3.79. The molecule has 2 aromatic rings. The number of ether oxygens (including phenoxy) is 1. The van der Waals surface area contributed by atoms with Crippen LogP contribution in [0.2, 0.25) is 5.02 Å². The van der Waals surface area contributed by atoms with E-state index in [2.05, 4.69) is 5.32 Å². The van der Waals surface area contributed by atoms with E-state index in [1.54, 1.807) is 36.6 Å². The fraction of sp³-hybridized carbons (Fsp3) is 0.267.